The molecule has 1 aromatic heterocycles. The van der Waals surface area contributed by atoms with Gasteiger partial charge in [0.2, 0.25) is 0 Å². The number of hydrogen-bond acceptors (Lipinski definition) is 4. The van der Waals surface area contributed by atoms with Gasteiger partial charge in [0.25, 0.3) is 5.91 Å². The topological polar surface area (TPSA) is 62.2 Å². The summed E-state index contributed by atoms with van der Waals surface area (Å²) in [7, 11) is 1.84. The number of piperazine rings is 1. The minimum atomic E-state index is -0.0138. The molecule has 19 heavy (non-hydrogen) atoms. The van der Waals surface area contributed by atoms with Gasteiger partial charge < -0.3 is 10.6 Å². The van der Waals surface area contributed by atoms with E-state index in [0.717, 1.165) is 44.8 Å². The molecule has 0 radical (unpaired) electrons. The van der Waals surface area contributed by atoms with Gasteiger partial charge in [-0.15, -0.1) is 0 Å². The first-order chi connectivity index (χ1) is 9.20. The molecule has 2 N–H and O–H groups in total. The van der Waals surface area contributed by atoms with E-state index >= 15 is 0 Å². The van der Waals surface area contributed by atoms with Crippen LogP contribution in [0.15, 0.2) is 6.20 Å². The number of nitrogens with one attached hydrogen (secondary N) is 2. The molecule has 0 aromatic carbocycles. The Morgan fingerprint density at radius 2 is 2.21 bits per heavy atom. The maximum atomic E-state index is 12.1. The number of carbonyl (C=O) groups is 1. The van der Waals surface area contributed by atoms with Crippen LogP contribution in [0.25, 0.3) is 0 Å². The average molecular weight is 265 g/mol. The van der Waals surface area contributed by atoms with Crippen LogP contribution in [0.1, 0.15) is 23.0 Å². The third-order valence-corrected chi connectivity index (χ3v) is 3.41. The van der Waals surface area contributed by atoms with E-state index in [4.69, 9.17) is 0 Å². The predicted octanol–water partition coefficient (Wildman–Crippen LogP) is -0.382. The van der Waals surface area contributed by atoms with E-state index in [0.29, 0.717) is 12.1 Å². The molecule has 1 saturated heterocycles. The van der Waals surface area contributed by atoms with Crippen LogP contribution in [0, 0.1) is 0 Å². The van der Waals surface area contributed by atoms with E-state index < -0.39 is 0 Å². The lowest BCUT2D eigenvalue weighted by atomic mass is 10.2. The highest BCUT2D eigenvalue weighted by molar-refractivity contribution is 5.95. The summed E-state index contributed by atoms with van der Waals surface area (Å²) < 4.78 is 1.70. The molecule has 0 aliphatic carbocycles. The van der Waals surface area contributed by atoms with Crippen molar-refractivity contribution in [2.24, 2.45) is 7.05 Å². The van der Waals surface area contributed by atoms with Gasteiger partial charge in [-0.25, -0.2) is 0 Å². The van der Waals surface area contributed by atoms with Gasteiger partial charge in [-0.1, -0.05) is 6.92 Å². The molecule has 0 spiro atoms. The summed E-state index contributed by atoms with van der Waals surface area (Å²) in [6.45, 7) is 7.81. The van der Waals surface area contributed by atoms with Gasteiger partial charge in [0, 0.05) is 52.5 Å². The molecule has 6 heteroatoms. The molecule has 106 valence electrons. The Morgan fingerprint density at radius 3 is 2.89 bits per heavy atom. The van der Waals surface area contributed by atoms with Crippen molar-refractivity contribution < 1.29 is 4.79 Å². The van der Waals surface area contributed by atoms with Crippen molar-refractivity contribution in [1.29, 1.82) is 0 Å². The average Bonchev–Trinajstić information content (AvgIpc) is 2.81. The summed E-state index contributed by atoms with van der Waals surface area (Å²) in [5.74, 6) is -0.0138. The highest BCUT2D eigenvalue weighted by Gasteiger charge is 2.14. The number of carbonyl (C=O) groups excluding carboxylic acids is 1. The summed E-state index contributed by atoms with van der Waals surface area (Å²) >= 11 is 0. The minimum absolute atomic E-state index is 0.0138. The highest BCUT2D eigenvalue weighted by Crippen LogP contribution is 2.06. The second-order valence-corrected chi connectivity index (χ2v) is 4.86. The summed E-state index contributed by atoms with van der Waals surface area (Å²) in [6, 6.07) is 0. The number of nitrogens with zero attached hydrogens (tertiary/aromatic N) is 3. The standard InChI is InChI=1S/C13H23N5O/c1-3-12-11(10-17(2)16-12)13(19)15-6-9-18-7-4-14-5-8-18/h10,14H,3-9H2,1-2H3,(H,15,19). The van der Waals surface area contributed by atoms with E-state index in [9.17, 15) is 4.79 Å². The van der Waals surface area contributed by atoms with Crippen molar-refractivity contribution in [3.8, 4) is 0 Å². The monoisotopic (exact) mass is 265 g/mol. The Bertz CT molecular complexity index is 423. The van der Waals surface area contributed by atoms with E-state index in [-0.39, 0.29) is 5.91 Å². The van der Waals surface area contributed by atoms with Gasteiger partial charge in [0.1, 0.15) is 0 Å². The van der Waals surface area contributed by atoms with Crippen LogP contribution in [0.4, 0.5) is 0 Å². The van der Waals surface area contributed by atoms with Gasteiger partial charge in [0.05, 0.1) is 11.3 Å². The molecule has 2 heterocycles. The van der Waals surface area contributed by atoms with Crippen LogP contribution in [0.5, 0.6) is 0 Å². The first-order valence-corrected chi connectivity index (χ1v) is 6.94. The van der Waals surface area contributed by atoms with Gasteiger partial charge in [-0.2, -0.15) is 5.10 Å². The number of aromatic nitrogens is 2. The summed E-state index contributed by atoms with van der Waals surface area (Å²) in [5, 5.41) is 10.6. The Kier molecular flexibility index (Phi) is 4.93. The lowest BCUT2D eigenvalue weighted by Crippen LogP contribution is -2.46. The van der Waals surface area contributed by atoms with Gasteiger partial charge in [-0.05, 0) is 6.42 Å². The summed E-state index contributed by atoms with van der Waals surface area (Å²) in [5.41, 5.74) is 1.56. The molecular weight excluding hydrogens is 242 g/mol. The third kappa shape index (κ3) is 3.78. The predicted molar refractivity (Wildman–Crippen MR) is 74.2 cm³/mol. The molecule has 0 bridgehead atoms. The van der Waals surface area contributed by atoms with Gasteiger partial charge >= 0.3 is 0 Å². The fourth-order valence-electron chi connectivity index (χ4n) is 2.34. The number of hydrogen-bond donors (Lipinski definition) is 2. The molecule has 1 fully saturated rings. The largest absolute Gasteiger partial charge is 0.351 e. The smallest absolute Gasteiger partial charge is 0.254 e. The van der Waals surface area contributed by atoms with E-state index in [1.165, 1.54) is 0 Å². The van der Waals surface area contributed by atoms with Crippen LogP contribution in [0.3, 0.4) is 0 Å². The molecule has 1 aliphatic heterocycles. The molecular formula is C13H23N5O. The van der Waals surface area contributed by atoms with Crippen molar-refractivity contribution in [1.82, 2.24) is 25.3 Å². The molecule has 1 aromatic rings. The highest BCUT2D eigenvalue weighted by atomic mass is 16.1. The van der Waals surface area contributed by atoms with Gasteiger partial charge in [-0.3, -0.25) is 14.4 Å². The first kappa shape index (κ1) is 14.0. The Hall–Kier alpha value is -1.40. The van der Waals surface area contributed by atoms with E-state index in [2.05, 4.69) is 20.6 Å². The van der Waals surface area contributed by atoms with Crippen molar-refractivity contribution in [2.75, 3.05) is 39.3 Å². The van der Waals surface area contributed by atoms with Crippen molar-refractivity contribution in [3.05, 3.63) is 17.5 Å². The molecule has 0 atom stereocenters. The second kappa shape index (κ2) is 6.68. The van der Waals surface area contributed by atoms with Crippen LogP contribution >= 0.6 is 0 Å². The third-order valence-electron chi connectivity index (χ3n) is 3.41. The zero-order valence-electron chi connectivity index (χ0n) is 11.8. The van der Waals surface area contributed by atoms with Gasteiger partial charge in [0.15, 0.2) is 0 Å². The maximum Gasteiger partial charge on any atom is 0.254 e. The van der Waals surface area contributed by atoms with Crippen LogP contribution in [0.2, 0.25) is 0 Å². The van der Waals surface area contributed by atoms with Crippen molar-refractivity contribution in [3.63, 3.8) is 0 Å². The summed E-state index contributed by atoms with van der Waals surface area (Å²) in [6.07, 6.45) is 2.57. The summed E-state index contributed by atoms with van der Waals surface area (Å²) in [4.78, 5) is 14.4. The molecule has 0 unspecified atom stereocenters. The lowest BCUT2D eigenvalue weighted by Gasteiger charge is -2.27. The second-order valence-electron chi connectivity index (χ2n) is 4.86. The zero-order valence-corrected chi connectivity index (χ0v) is 11.8. The molecule has 1 aliphatic rings. The van der Waals surface area contributed by atoms with E-state index in [1.54, 1.807) is 10.9 Å². The minimum Gasteiger partial charge on any atom is -0.351 e. The normalized spacial score (nSPS) is 16.5. The molecule has 1 amide bonds. The Balaban J connectivity index is 1.80. The van der Waals surface area contributed by atoms with Crippen LogP contribution in [-0.2, 0) is 13.5 Å². The fraction of sp³-hybridized carbons (Fsp3) is 0.692. The maximum absolute atomic E-state index is 12.1. The lowest BCUT2D eigenvalue weighted by molar-refractivity contribution is 0.0946. The molecule has 0 saturated carbocycles. The number of rotatable bonds is 5. The molecule has 6 nitrogen and oxygen atoms in total. The van der Waals surface area contributed by atoms with E-state index in [1.807, 2.05) is 14.0 Å². The van der Waals surface area contributed by atoms with Crippen LogP contribution in [-0.4, -0.2) is 59.9 Å². The number of aryl methyl sites for hydroxylation is 2. The molecule has 2 rings (SSSR count). The SMILES string of the molecule is CCc1nn(C)cc1C(=O)NCCN1CCNCC1. The Morgan fingerprint density at radius 1 is 1.47 bits per heavy atom. The first-order valence-electron chi connectivity index (χ1n) is 6.94. The quantitative estimate of drug-likeness (QED) is 0.762. The Labute approximate surface area is 114 Å². The zero-order chi connectivity index (χ0) is 13.7. The number of amides is 1. The van der Waals surface area contributed by atoms with Crippen molar-refractivity contribution in [2.45, 2.75) is 13.3 Å². The fourth-order valence-corrected chi connectivity index (χ4v) is 2.34. The van der Waals surface area contributed by atoms with Crippen LogP contribution < -0.4 is 10.6 Å². The van der Waals surface area contributed by atoms with Crippen molar-refractivity contribution >= 4 is 5.91 Å².